The van der Waals surface area contributed by atoms with E-state index in [1.54, 1.807) is 12.1 Å². The van der Waals surface area contributed by atoms with E-state index in [-0.39, 0.29) is 11.9 Å². The number of benzene rings is 1. The van der Waals surface area contributed by atoms with E-state index in [1.165, 1.54) is 23.9 Å². The molecule has 1 unspecified atom stereocenters. The number of hydrogen-bond acceptors (Lipinski definition) is 3. The van der Waals surface area contributed by atoms with E-state index < -0.39 is 0 Å². The molecule has 1 aromatic carbocycles. The Morgan fingerprint density at radius 3 is 2.47 bits per heavy atom. The summed E-state index contributed by atoms with van der Waals surface area (Å²) in [5.74, 6) is 0.983. The average Bonchev–Trinajstić information content (AvgIpc) is 2.28. The summed E-state index contributed by atoms with van der Waals surface area (Å²) in [5, 5.41) is 12.9. The normalized spacial score (nSPS) is 13.0. The average molecular weight is 257 g/mol. The highest BCUT2D eigenvalue weighted by Gasteiger charge is 2.05. The second-order valence-corrected chi connectivity index (χ2v) is 5.56. The van der Waals surface area contributed by atoms with Crippen LogP contribution in [0.25, 0.3) is 0 Å². The largest absolute Gasteiger partial charge is 0.391 e. The summed E-state index contributed by atoms with van der Waals surface area (Å²) >= 11 is 1.54. The van der Waals surface area contributed by atoms with Gasteiger partial charge in [-0.25, -0.2) is 4.39 Å². The van der Waals surface area contributed by atoms with E-state index in [2.05, 4.69) is 19.2 Å². The topological polar surface area (TPSA) is 32.3 Å². The van der Waals surface area contributed by atoms with Gasteiger partial charge in [-0.1, -0.05) is 13.8 Å². The van der Waals surface area contributed by atoms with Gasteiger partial charge in [-0.05, 0) is 36.7 Å². The van der Waals surface area contributed by atoms with Crippen LogP contribution in [0.4, 0.5) is 4.39 Å². The predicted octanol–water partition coefficient (Wildman–Crippen LogP) is 2.52. The molecule has 0 heterocycles. The molecule has 2 N–H and O–H groups in total. The molecule has 0 radical (unpaired) electrons. The smallest absolute Gasteiger partial charge is 0.123 e. The lowest BCUT2D eigenvalue weighted by atomic mass is 10.2. The van der Waals surface area contributed by atoms with Crippen LogP contribution in [-0.2, 0) is 0 Å². The Labute approximate surface area is 107 Å². The van der Waals surface area contributed by atoms with Crippen LogP contribution in [0.1, 0.15) is 13.8 Å². The van der Waals surface area contributed by atoms with E-state index >= 15 is 0 Å². The first-order valence-electron chi connectivity index (χ1n) is 5.85. The first kappa shape index (κ1) is 14.5. The van der Waals surface area contributed by atoms with Gasteiger partial charge in [0.05, 0.1) is 6.10 Å². The zero-order valence-electron chi connectivity index (χ0n) is 10.3. The summed E-state index contributed by atoms with van der Waals surface area (Å²) in [7, 11) is 0. The van der Waals surface area contributed by atoms with Crippen LogP contribution in [0.15, 0.2) is 29.2 Å². The highest BCUT2D eigenvalue weighted by atomic mass is 32.2. The van der Waals surface area contributed by atoms with E-state index in [0.717, 1.165) is 11.4 Å². The van der Waals surface area contributed by atoms with Crippen LogP contribution < -0.4 is 5.32 Å². The van der Waals surface area contributed by atoms with Gasteiger partial charge in [-0.15, -0.1) is 11.8 Å². The van der Waals surface area contributed by atoms with Crippen molar-refractivity contribution in [2.75, 3.05) is 18.8 Å². The number of nitrogens with one attached hydrogen (secondary N) is 1. The van der Waals surface area contributed by atoms with Gasteiger partial charge in [0.25, 0.3) is 0 Å². The maximum Gasteiger partial charge on any atom is 0.123 e. The van der Waals surface area contributed by atoms with Gasteiger partial charge in [-0.2, -0.15) is 0 Å². The Hall–Kier alpha value is -0.580. The van der Waals surface area contributed by atoms with Crippen LogP contribution in [0.3, 0.4) is 0 Å². The van der Waals surface area contributed by atoms with Gasteiger partial charge >= 0.3 is 0 Å². The molecule has 1 atom stereocenters. The van der Waals surface area contributed by atoms with Crippen molar-refractivity contribution in [3.8, 4) is 0 Å². The van der Waals surface area contributed by atoms with Gasteiger partial charge in [0.1, 0.15) is 5.82 Å². The van der Waals surface area contributed by atoms with Crippen molar-refractivity contribution < 1.29 is 9.50 Å². The summed E-state index contributed by atoms with van der Waals surface area (Å²) < 4.78 is 12.7. The van der Waals surface area contributed by atoms with E-state index in [1.807, 2.05) is 0 Å². The van der Waals surface area contributed by atoms with Crippen molar-refractivity contribution >= 4 is 11.8 Å². The minimum absolute atomic E-state index is 0.228. The maximum atomic E-state index is 12.7. The molecule has 0 amide bonds. The molecule has 1 rings (SSSR count). The number of aliphatic hydroxyl groups excluding tert-OH is 1. The molecule has 4 heteroatoms. The number of aliphatic hydroxyl groups is 1. The zero-order chi connectivity index (χ0) is 12.7. The van der Waals surface area contributed by atoms with Gasteiger partial charge in [0, 0.05) is 17.2 Å². The summed E-state index contributed by atoms with van der Waals surface area (Å²) in [6, 6.07) is 6.33. The fourth-order valence-corrected chi connectivity index (χ4v) is 2.15. The molecule has 0 aliphatic rings. The summed E-state index contributed by atoms with van der Waals surface area (Å²) in [6.07, 6.45) is -0.371. The Bertz CT molecular complexity index is 316. The Morgan fingerprint density at radius 1 is 1.24 bits per heavy atom. The van der Waals surface area contributed by atoms with Crippen LogP contribution in [-0.4, -0.2) is 30.1 Å². The standard InChI is InChI=1S/C13H20FNOS/c1-10(2)7-15-8-12(16)9-17-13-5-3-11(14)4-6-13/h3-6,10,12,15-16H,7-9H2,1-2H3. The third-order valence-electron chi connectivity index (χ3n) is 2.19. The lowest BCUT2D eigenvalue weighted by Gasteiger charge is -2.12. The fourth-order valence-electron chi connectivity index (χ4n) is 1.32. The van der Waals surface area contributed by atoms with Gasteiger partial charge in [0.15, 0.2) is 0 Å². The van der Waals surface area contributed by atoms with Crippen molar-refractivity contribution in [3.05, 3.63) is 30.1 Å². The minimum atomic E-state index is -0.371. The number of thioether (sulfide) groups is 1. The fraction of sp³-hybridized carbons (Fsp3) is 0.538. The van der Waals surface area contributed by atoms with Crippen molar-refractivity contribution in [2.45, 2.75) is 24.8 Å². The molecule has 0 aliphatic carbocycles. The van der Waals surface area contributed by atoms with Crippen molar-refractivity contribution in [1.29, 1.82) is 0 Å². The molecular formula is C13H20FNOS. The first-order chi connectivity index (χ1) is 8.08. The first-order valence-corrected chi connectivity index (χ1v) is 6.83. The molecule has 0 bridgehead atoms. The third-order valence-corrected chi connectivity index (χ3v) is 3.35. The lowest BCUT2D eigenvalue weighted by molar-refractivity contribution is 0.194. The molecule has 0 aromatic heterocycles. The van der Waals surface area contributed by atoms with Crippen molar-refractivity contribution in [2.24, 2.45) is 5.92 Å². The monoisotopic (exact) mass is 257 g/mol. The maximum absolute atomic E-state index is 12.7. The molecule has 0 aliphatic heterocycles. The third kappa shape index (κ3) is 6.66. The number of hydrogen-bond donors (Lipinski definition) is 2. The van der Waals surface area contributed by atoms with Crippen molar-refractivity contribution in [1.82, 2.24) is 5.32 Å². The molecule has 0 fully saturated rings. The summed E-state index contributed by atoms with van der Waals surface area (Å²) in [4.78, 5) is 0.981. The highest BCUT2D eigenvalue weighted by Crippen LogP contribution is 2.18. The Morgan fingerprint density at radius 2 is 1.88 bits per heavy atom. The van der Waals surface area contributed by atoms with Gasteiger partial charge < -0.3 is 10.4 Å². The Kier molecular flexibility index (Phi) is 6.55. The minimum Gasteiger partial charge on any atom is -0.391 e. The van der Waals surface area contributed by atoms with E-state index in [4.69, 9.17) is 0 Å². The Balaban J connectivity index is 2.19. The van der Waals surface area contributed by atoms with Crippen LogP contribution in [0.5, 0.6) is 0 Å². The molecule has 0 saturated heterocycles. The van der Waals surface area contributed by atoms with Crippen LogP contribution >= 0.6 is 11.8 Å². The molecule has 17 heavy (non-hydrogen) atoms. The number of halogens is 1. The quantitative estimate of drug-likeness (QED) is 0.736. The zero-order valence-corrected chi connectivity index (χ0v) is 11.1. The molecule has 2 nitrogen and oxygen atoms in total. The SMILES string of the molecule is CC(C)CNCC(O)CSc1ccc(F)cc1. The van der Waals surface area contributed by atoms with Crippen molar-refractivity contribution in [3.63, 3.8) is 0 Å². The highest BCUT2D eigenvalue weighted by molar-refractivity contribution is 7.99. The predicted molar refractivity (Wildman–Crippen MR) is 70.8 cm³/mol. The summed E-state index contributed by atoms with van der Waals surface area (Å²) in [5.41, 5.74) is 0. The molecular weight excluding hydrogens is 237 g/mol. The number of rotatable bonds is 7. The van der Waals surface area contributed by atoms with Crippen LogP contribution in [0, 0.1) is 11.7 Å². The molecule has 1 aromatic rings. The lowest BCUT2D eigenvalue weighted by Crippen LogP contribution is -2.30. The van der Waals surface area contributed by atoms with E-state index in [9.17, 15) is 9.50 Å². The summed E-state index contributed by atoms with van der Waals surface area (Å²) in [6.45, 7) is 5.78. The molecule has 96 valence electrons. The second-order valence-electron chi connectivity index (χ2n) is 4.47. The van der Waals surface area contributed by atoms with Gasteiger partial charge in [-0.3, -0.25) is 0 Å². The van der Waals surface area contributed by atoms with Crippen LogP contribution in [0.2, 0.25) is 0 Å². The van der Waals surface area contributed by atoms with Gasteiger partial charge in [0.2, 0.25) is 0 Å². The molecule has 0 spiro atoms. The molecule has 0 saturated carbocycles. The van der Waals surface area contributed by atoms with E-state index in [0.29, 0.717) is 18.2 Å². The second kappa shape index (κ2) is 7.69.